The van der Waals surface area contributed by atoms with Crippen LogP contribution in [0.25, 0.3) is 0 Å². The molecule has 0 heterocycles. The molecule has 0 aromatic heterocycles. The van der Waals surface area contributed by atoms with Crippen molar-refractivity contribution in [2.75, 3.05) is 26.4 Å². The summed E-state index contributed by atoms with van der Waals surface area (Å²) < 4.78 is 0. The van der Waals surface area contributed by atoms with Gasteiger partial charge in [-0.25, -0.2) is 0 Å². The molecule has 0 saturated heterocycles. The lowest BCUT2D eigenvalue weighted by molar-refractivity contribution is -0.0328. The van der Waals surface area contributed by atoms with Crippen molar-refractivity contribution in [3.05, 3.63) is 0 Å². The Morgan fingerprint density at radius 1 is 0.583 bits per heavy atom. The Morgan fingerprint density at radius 2 is 0.750 bits per heavy atom. The summed E-state index contributed by atoms with van der Waals surface area (Å²) in [6.45, 7) is -1.62. The van der Waals surface area contributed by atoms with E-state index in [9.17, 15) is 0 Å². The number of aliphatic hydroxyl groups is 4. The van der Waals surface area contributed by atoms with Crippen LogP contribution in [0.4, 0.5) is 0 Å². The van der Waals surface area contributed by atoms with E-state index in [1.807, 2.05) is 0 Å². The molecule has 0 amide bonds. The molecular formula is C5H15Cl3O4. The first-order valence-corrected chi connectivity index (χ1v) is 2.68. The van der Waals surface area contributed by atoms with Crippen molar-refractivity contribution in [1.82, 2.24) is 0 Å². The summed E-state index contributed by atoms with van der Waals surface area (Å²) in [6, 6.07) is 0. The number of hydrogen-bond acceptors (Lipinski definition) is 4. The second kappa shape index (κ2) is 11.7. The maximum Gasteiger partial charge on any atom is 0.0627 e. The number of rotatable bonds is 4. The summed E-state index contributed by atoms with van der Waals surface area (Å²) in [5, 5.41) is 34.0. The number of aliphatic hydroxyl groups excluding tert-OH is 4. The van der Waals surface area contributed by atoms with Gasteiger partial charge in [-0.05, 0) is 0 Å². The first kappa shape index (κ1) is 23.0. The van der Waals surface area contributed by atoms with E-state index in [0.717, 1.165) is 0 Å². The van der Waals surface area contributed by atoms with Gasteiger partial charge >= 0.3 is 0 Å². The van der Waals surface area contributed by atoms with Crippen LogP contribution in [0.15, 0.2) is 0 Å². The Morgan fingerprint density at radius 3 is 0.750 bits per heavy atom. The van der Waals surface area contributed by atoms with Crippen molar-refractivity contribution in [2.24, 2.45) is 5.41 Å². The van der Waals surface area contributed by atoms with Gasteiger partial charge in [0.25, 0.3) is 0 Å². The van der Waals surface area contributed by atoms with Crippen LogP contribution in [0.2, 0.25) is 0 Å². The van der Waals surface area contributed by atoms with Crippen molar-refractivity contribution >= 4 is 37.2 Å². The van der Waals surface area contributed by atoms with Gasteiger partial charge in [0, 0.05) is 0 Å². The summed E-state index contributed by atoms with van der Waals surface area (Å²) in [7, 11) is 0. The average molecular weight is 246 g/mol. The number of halogens is 3. The van der Waals surface area contributed by atoms with Crippen LogP contribution in [-0.4, -0.2) is 46.9 Å². The lowest BCUT2D eigenvalue weighted by Crippen LogP contribution is -2.37. The third-order valence-corrected chi connectivity index (χ3v) is 1.34. The molecule has 0 aromatic carbocycles. The Labute approximate surface area is 89.8 Å². The lowest BCUT2D eigenvalue weighted by Gasteiger charge is -2.23. The molecule has 0 fully saturated rings. The smallest absolute Gasteiger partial charge is 0.0627 e. The third kappa shape index (κ3) is 6.25. The van der Waals surface area contributed by atoms with E-state index in [1.54, 1.807) is 0 Å². The SMILES string of the molecule is Cl.Cl.Cl.OCC(CO)(CO)CO. The molecule has 0 unspecified atom stereocenters. The summed E-state index contributed by atoms with van der Waals surface area (Å²) >= 11 is 0. The lowest BCUT2D eigenvalue weighted by atomic mass is 9.93. The molecule has 0 atom stereocenters. The van der Waals surface area contributed by atoms with Crippen molar-refractivity contribution in [3.8, 4) is 0 Å². The van der Waals surface area contributed by atoms with E-state index in [1.165, 1.54) is 0 Å². The van der Waals surface area contributed by atoms with Crippen molar-refractivity contribution in [3.63, 3.8) is 0 Å². The van der Waals surface area contributed by atoms with Crippen LogP contribution in [-0.2, 0) is 0 Å². The van der Waals surface area contributed by atoms with Gasteiger partial charge in [-0.1, -0.05) is 0 Å². The standard InChI is InChI=1S/C5H12O4.3ClH/c6-1-5(2-7,3-8)4-9;;;/h6-9H,1-4H2;3*1H. The molecule has 80 valence electrons. The van der Waals surface area contributed by atoms with E-state index in [-0.39, 0.29) is 37.2 Å². The highest BCUT2D eigenvalue weighted by Crippen LogP contribution is 2.11. The first-order chi connectivity index (χ1) is 4.24. The molecule has 0 aliphatic rings. The van der Waals surface area contributed by atoms with E-state index in [2.05, 4.69) is 0 Å². The van der Waals surface area contributed by atoms with Crippen molar-refractivity contribution in [1.29, 1.82) is 0 Å². The fourth-order valence-corrected chi connectivity index (χ4v) is 0.300. The Hall–Kier alpha value is 0.710. The van der Waals surface area contributed by atoms with Crippen LogP contribution in [0.1, 0.15) is 0 Å². The van der Waals surface area contributed by atoms with Gasteiger partial charge in [0.1, 0.15) is 0 Å². The van der Waals surface area contributed by atoms with Gasteiger partial charge in [-0.2, -0.15) is 0 Å². The third-order valence-electron chi connectivity index (χ3n) is 1.34. The molecular weight excluding hydrogens is 230 g/mol. The molecule has 0 radical (unpaired) electrons. The van der Waals surface area contributed by atoms with Gasteiger partial charge < -0.3 is 20.4 Å². The second-order valence-corrected chi connectivity index (χ2v) is 2.13. The van der Waals surface area contributed by atoms with Gasteiger partial charge in [0.2, 0.25) is 0 Å². The summed E-state index contributed by atoms with van der Waals surface area (Å²) in [4.78, 5) is 0. The molecule has 0 rings (SSSR count). The van der Waals surface area contributed by atoms with E-state index in [0.29, 0.717) is 0 Å². The Bertz CT molecular complexity index is 61.6. The zero-order valence-corrected chi connectivity index (χ0v) is 8.79. The normalized spacial score (nSPS) is 9.00. The molecule has 0 aromatic rings. The predicted molar refractivity (Wildman–Crippen MR) is 52.5 cm³/mol. The fourth-order valence-electron chi connectivity index (χ4n) is 0.300. The monoisotopic (exact) mass is 244 g/mol. The highest BCUT2D eigenvalue weighted by molar-refractivity contribution is 5.86. The van der Waals surface area contributed by atoms with Crippen LogP contribution >= 0.6 is 37.2 Å². The summed E-state index contributed by atoms with van der Waals surface area (Å²) in [5.41, 5.74) is -1.11. The minimum Gasteiger partial charge on any atom is -0.396 e. The van der Waals surface area contributed by atoms with E-state index in [4.69, 9.17) is 20.4 Å². The largest absolute Gasteiger partial charge is 0.396 e. The Kier molecular flexibility index (Phi) is 22.4. The quantitative estimate of drug-likeness (QED) is 0.523. The minimum absolute atomic E-state index is 0. The maximum atomic E-state index is 8.50. The summed E-state index contributed by atoms with van der Waals surface area (Å²) in [5.74, 6) is 0. The zero-order chi connectivity index (χ0) is 7.33. The van der Waals surface area contributed by atoms with Crippen molar-refractivity contribution in [2.45, 2.75) is 0 Å². The highest BCUT2D eigenvalue weighted by Gasteiger charge is 2.26. The van der Waals surface area contributed by atoms with Crippen LogP contribution in [0, 0.1) is 5.41 Å². The van der Waals surface area contributed by atoms with Crippen LogP contribution in [0.5, 0.6) is 0 Å². The molecule has 0 aliphatic carbocycles. The van der Waals surface area contributed by atoms with Crippen LogP contribution in [0.3, 0.4) is 0 Å². The maximum absolute atomic E-state index is 8.50. The van der Waals surface area contributed by atoms with Gasteiger partial charge in [0.15, 0.2) is 0 Å². The van der Waals surface area contributed by atoms with Gasteiger partial charge in [0.05, 0.1) is 31.8 Å². The van der Waals surface area contributed by atoms with E-state index < -0.39 is 31.8 Å². The summed E-state index contributed by atoms with van der Waals surface area (Å²) in [6.07, 6.45) is 0. The molecule has 4 nitrogen and oxygen atoms in total. The topological polar surface area (TPSA) is 80.9 Å². The molecule has 12 heavy (non-hydrogen) atoms. The fraction of sp³-hybridized carbons (Fsp3) is 1.00. The zero-order valence-electron chi connectivity index (χ0n) is 6.34. The highest BCUT2D eigenvalue weighted by atomic mass is 35.5. The predicted octanol–water partition coefficient (Wildman–Crippen LogP) is -0.793. The van der Waals surface area contributed by atoms with Gasteiger partial charge in [-0.3, -0.25) is 0 Å². The molecule has 0 spiro atoms. The number of hydrogen-bond donors (Lipinski definition) is 4. The minimum atomic E-state index is -1.11. The molecule has 0 saturated carbocycles. The van der Waals surface area contributed by atoms with E-state index >= 15 is 0 Å². The molecule has 4 N–H and O–H groups in total. The van der Waals surface area contributed by atoms with Gasteiger partial charge in [-0.15, -0.1) is 37.2 Å². The molecule has 0 bridgehead atoms. The second-order valence-electron chi connectivity index (χ2n) is 2.13. The van der Waals surface area contributed by atoms with Crippen LogP contribution < -0.4 is 0 Å². The first-order valence-electron chi connectivity index (χ1n) is 2.68. The Balaban J connectivity index is -0.000000107. The molecule has 0 aliphatic heterocycles. The molecule has 7 heteroatoms. The average Bonchev–Trinajstić information content (AvgIpc) is 1.95. The van der Waals surface area contributed by atoms with Crippen molar-refractivity contribution < 1.29 is 20.4 Å².